The molecular weight excluding hydrogens is 330 g/mol. The van der Waals surface area contributed by atoms with Crippen LogP contribution in [0.25, 0.3) is 0 Å². The molecule has 0 spiro atoms. The Kier molecular flexibility index (Phi) is 5.41. The molecule has 1 aliphatic heterocycles. The molecule has 1 amide bonds. The van der Waals surface area contributed by atoms with Crippen molar-refractivity contribution >= 4 is 23.6 Å². The predicted molar refractivity (Wildman–Crippen MR) is 90.3 cm³/mol. The summed E-state index contributed by atoms with van der Waals surface area (Å²) in [5.41, 5.74) is 0. The summed E-state index contributed by atoms with van der Waals surface area (Å²) < 4.78 is 12.9. The molecule has 0 aliphatic carbocycles. The number of hydrogen-bond donors (Lipinski definition) is 0. The number of thioether (sulfide) groups is 1. The average molecular weight is 351 g/mol. The number of morpholine rings is 1. The number of nitrogens with zero attached hydrogens (tertiary/aromatic N) is 5. The van der Waals surface area contributed by atoms with Crippen molar-refractivity contribution in [3.8, 4) is 0 Å². The monoisotopic (exact) mass is 351 g/mol. The van der Waals surface area contributed by atoms with E-state index in [0.717, 1.165) is 24.8 Å². The lowest BCUT2D eigenvalue weighted by Crippen LogP contribution is -2.38. The second kappa shape index (κ2) is 7.71. The Balaban J connectivity index is 1.81. The highest BCUT2D eigenvalue weighted by Crippen LogP contribution is 2.24. The zero-order valence-corrected chi connectivity index (χ0v) is 14.7. The number of ether oxygens (including phenoxy) is 1. The lowest BCUT2D eigenvalue weighted by atomic mass is 10.4. The molecule has 0 aromatic carbocycles. The van der Waals surface area contributed by atoms with Crippen molar-refractivity contribution < 1.29 is 13.9 Å². The summed E-state index contributed by atoms with van der Waals surface area (Å²) in [7, 11) is 3.49. The van der Waals surface area contributed by atoms with Crippen molar-refractivity contribution in [2.75, 3.05) is 51.1 Å². The molecule has 1 fully saturated rings. The van der Waals surface area contributed by atoms with Crippen LogP contribution in [0.15, 0.2) is 28.0 Å². The fourth-order valence-electron chi connectivity index (χ4n) is 2.34. The molecule has 3 rings (SSSR count). The fraction of sp³-hybridized carbons (Fsp3) is 0.533. The van der Waals surface area contributed by atoms with Crippen molar-refractivity contribution in [1.29, 1.82) is 0 Å². The SMILES string of the molecule is CN(C)C(=O)CSc1nnc(N2CCOCC2)n1Cc1ccco1. The quantitative estimate of drug-likeness (QED) is 0.717. The molecule has 3 heterocycles. The third-order valence-electron chi connectivity index (χ3n) is 3.71. The van der Waals surface area contributed by atoms with Gasteiger partial charge >= 0.3 is 0 Å². The normalized spacial score (nSPS) is 14.8. The second-order valence-electron chi connectivity index (χ2n) is 5.62. The first-order valence-corrected chi connectivity index (χ1v) is 8.75. The number of furan rings is 1. The van der Waals surface area contributed by atoms with Gasteiger partial charge in [0.15, 0.2) is 5.16 Å². The van der Waals surface area contributed by atoms with Gasteiger partial charge in [-0.25, -0.2) is 0 Å². The van der Waals surface area contributed by atoms with Crippen molar-refractivity contribution in [1.82, 2.24) is 19.7 Å². The van der Waals surface area contributed by atoms with Gasteiger partial charge in [0, 0.05) is 27.2 Å². The molecule has 0 saturated carbocycles. The van der Waals surface area contributed by atoms with Crippen LogP contribution in [0.5, 0.6) is 0 Å². The molecule has 0 atom stereocenters. The standard InChI is InChI=1S/C15H21N5O3S/c1-18(2)13(21)11-24-15-17-16-14(19-5-8-22-9-6-19)20(15)10-12-4-3-7-23-12/h3-4,7H,5-6,8-11H2,1-2H3. The Labute approximate surface area is 144 Å². The third kappa shape index (κ3) is 3.90. The van der Waals surface area contributed by atoms with Crippen LogP contribution in [-0.2, 0) is 16.1 Å². The molecule has 0 unspecified atom stereocenters. The van der Waals surface area contributed by atoms with E-state index in [1.807, 2.05) is 16.7 Å². The number of aromatic nitrogens is 3. The van der Waals surface area contributed by atoms with Crippen LogP contribution in [0.1, 0.15) is 5.76 Å². The van der Waals surface area contributed by atoms with Crippen LogP contribution in [0, 0.1) is 0 Å². The molecule has 8 nitrogen and oxygen atoms in total. The van der Waals surface area contributed by atoms with Gasteiger partial charge in [0.25, 0.3) is 0 Å². The second-order valence-corrected chi connectivity index (χ2v) is 6.57. The molecule has 1 aliphatic rings. The maximum Gasteiger partial charge on any atom is 0.232 e. The Morgan fingerprint density at radius 2 is 2.12 bits per heavy atom. The van der Waals surface area contributed by atoms with Gasteiger partial charge in [-0.1, -0.05) is 11.8 Å². The van der Waals surface area contributed by atoms with E-state index in [1.165, 1.54) is 11.8 Å². The van der Waals surface area contributed by atoms with Gasteiger partial charge in [0.05, 0.1) is 31.8 Å². The summed E-state index contributed by atoms with van der Waals surface area (Å²) >= 11 is 1.39. The van der Waals surface area contributed by atoms with E-state index in [1.54, 1.807) is 25.3 Å². The predicted octanol–water partition coefficient (Wildman–Crippen LogP) is 0.936. The van der Waals surface area contributed by atoms with Gasteiger partial charge in [-0.3, -0.25) is 9.36 Å². The molecule has 0 radical (unpaired) electrons. The number of anilines is 1. The first kappa shape index (κ1) is 16.8. The van der Waals surface area contributed by atoms with Gasteiger partial charge in [0.2, 0.25) is 11.9 Å². The third-order valence-corrected chi connectivity index (χ3v) is 4.66. The van der Waals surface area contributed by atoms with Gasteiger partial charge in [-0.2, -0.15) is 0 Å². The molecule has 2 aromatic heterocycles. The van der Waals surface area contributed by atoms with Crippen LogP contribution in [0.3, 0.4) is 0 Å². The molecule has 2 aromatic rings. The smallest absolute Gasteiger partial charge is 0.232 e. The molecule has 0 bridgehead atoms. The topological polar surface area (TPSA) is 76.6 Å². The van der Waals surface area contributed by atoms with Crippen molar-refractivity contribution in [3.05, 3.63) is 24.2 Å². The van der Waals surface area contributed by atoms with Crippen LogP contribution >= 0.6 is 11.8 Å². The van der Waals surface area contributed by atoms with Crippen molar-refractivity contribution in [3.63, 3.8) is 0 Å². The maximum atomic E-state index is 11.9. The van der Waals surface area contributed by atoms with E-state index in [2.05, 4.69) is 15.1 Å². The molecule has 24 heavy (non-hydrogen) atoms. The summed E-state index contributed by atoms with van der Waals surface area (Å²) in [6.45, 7) is 3.44. The Morgan fingerprint density at radius 3 is 2.79 bits per heavy atom. The lowest BCUT2D eigenvalue weighted by molar-refractivity contribution is -0.125. The number of amides is 1. The van der Waals surface area contributed by atoms with E-state index < -0.39 is 0 Å². The maximum absolute atomic E-state index is 11.9. The van der Waals surface area contributed by atoms with Crippen LogP contribution in [0.2, 0.25) is 0 Å². The minimum Gasteiger partial charge on any atom is -0.467 e. The van der Waals surface area contributed by atoms with Crippen LogP contribution in [0.4, 0.5) is 5.95 Å². The summed E-state index contributed by atoms with van der Waals surface area (Å²) in [6, 6.07) is 3.78. The highest BCUT2D eigenvalue weighted by atomic mass is 32.2. The number of rotatable bonds is 6. The lowest BCUT2D eigenvalue weighted by Gasteiger charge is -2.27. The zero-order chi connectivity index (χ0) is 16.9. The zero-order valence-electron chi connectivity index (χ0n) is 13.8. The van der Waals surface area contributed by atoms with Crippen LogP contribution in [-0.4, -0.2) is 71.7 Å². The molecule has 0 N–H and O–H groups in total. The number of carbonyl (C=O) groups excluding carboxylic acids is 1. The largest absolute Gasteiger partial charge is 0.467 e. The Morgan fingerprint density at radius 1 is 1.33 bits per heavy atom. The summed E-state index contributed by atoms with van der Waals surface area (Å²) in [5, 5.41) is 9.33. The highest BCUT2D eigenvalue weighted by Gasteiger charge is 2.22. The van der Waals surface area contributed by atoms with Crippen molar-refractivity contribution in [2.24, 2.45) is 0 Å². The number of hydrogen-bond acceptors (Lipinski definition) is 7. The first-order valence-electron chi connectivity index (χ1n) is 7.76. The molecule has 130 valence electrons. The van der Waals surface area contributed by atoms with E-state index in [-0.39, 0.29) is 5.91 Å². The average Bonchev–Trinajstić information content (AvgIpc) is 3.24. The molecule has 1 saturated heterocycles. The Bertz CT molecular complexity index is 665. The van der Waals surface area contributed by atoms with Gasteiger partial charge in [0.1, 0.15) is 5.76 Å². The van der Waals surface area contributed by atoms with E-state index in [4.69, 9.17) is 9.15 Å². The molecular formula is C15H21N5O3S. The van der Waals surface area contributed by atoms with Gasteiger partial charge in [-0.05, 0) is 12.1 Å². The van der Waals surface area contributed by atoms with E-state index >= 15 is 0 Å². The minimum atomic E-state index is 0.0421. The van der Waals surface area contributed by atoms with Gasteiger partial charge in [-0.15, -0.1) is 10.2 Å². The first-order chi connectivity index (χ1) is 11.6. The summed E-state index contributed by atoms with van der Waals surface area (Å²) in [4.78, 5) is 15.6. The minimum absolute atomic E-state index is 0.0421. The summed E-state index contributed by atoms with van der Waals surface area (Å²) in [6.07, 6.45) is 1.65. The highest BCUT2D eigenvalue weighted by molar-refractivity contribution is 7.99. The number of carbonyl (C=O) groups is 1. The van der Waals surface area contributed by atoms with Crippen LogP contribution < -0.4 is 4.90 Å². The van der Waals surface area contributed by atoms with Gasteiger partial charge < -0.3 is 19.0 Å². The van der Waals surface area contributed by atoms with E-state index in [0.29, 0.717) is 30.7 Å². The molecule has 9 heteroatoms. The van der Waals surface area contributed by atoms with Crippen molar-refractivity contribution in [2.45, 2.75) is 11.7 Å². The Hall–Kier alpha value is -2.00. The summed E-state index contributed by atoms with van der Waals surface area (Å²) in [5.74, 6) is 1.98. The van der Waals surface area contributed by atoms with E-state index in [9.17, 15) is 4.79 Å². The fourth-order valence-corrected chi connectivity index (χ4v) is 3.25.